The largest absolute Gasteiger partial charge is 0.324 e. The molecule has 1 aromatic rings. The molecular weight excluding hydrogens is 272 g/mol. The maximum absolute atomic E-state index is 12.2. The number of urea groups is 1. The predicted molar refractivity (Wildman–Crippen MR) is 77.4 cm³/mol. The van der Waals surface area contributed by atoms with Gasteiger partial charge in [-0.25, -0.2) is 4.79 Å². The molecule has 21 heavy (non-hydrogen) atoms. The van der Waals surface area contributed by atoms with Gasteiger partial charge in [-0.15, -0.1) is 0 Å². The van der Waals surface area contributed by atoms with Crippen molar-refractivity contribution < 1.29 is 14.4 Å². The fourth-order valence-electron chi connectivity index (χ4n) is 2.06. The quantitative estimate of drug-likeness (QED) is 0.693. The first kappa shape index (κ1) is 15.0. The number of nitrogens with zero attached hydrogens (tertiary/aromatic N) is 1. The van der Waals surface area contributed by atoms with Crippen molar-refractivity contribution in [2.24, 2.45) is 5.73 Å². The van der Waals surface area contributed by atoms with E-state index in [-0.39, 0.29) is 12.6 Å². The summed E-state index contributed by atoms with van der Waals surface area (Å²) in [5, 5.41) is 4.86. The molecule has 0 spiro atoms. The highest BCUT2D eigenvalue weighted by Gasteiger charge is 2.33. The van der Waals surface area contributed by atoms with Crippen LogP contribution < -0.4 is 16.4 Å². The minimum absolute atomic E-state index is 0.147. The molecule has 1 aliphatic rings. The van der Waals surface area contributed by atoms with Crippen molar-refractivity contribution in [3.05, 3.63) is 29.8 Å². The summed E-state index contributed by atoms with van der Waals surface area (Å²) >= 11 is 0. The number of anilines is 1. The molecule has 2 atom stereocenters. The first-order chi connectivity index (χ1) is 9.88. The van der Waals surface area contributed by atoms with E-state index < -0.39 is 23.9 Å². The summed E-state index contributed by atoms with van der Waals surface area (Å²) in [6.07, 6.45) is 0. The van der Waals surface area contributed by atoms with E-state index in [2.05, 4.69) is 10.6 Å². The lowest BCUT2D eigenvalue weighted by Gasteiger charge is -2.31. The number of piperazine rings is 1. The van der Waals surface area contributed by atoms with Crippen LogP contribution in [0.5, 0.6) is 0 Å². The Hall–Kier alpha value is -2.41. The van der Waals surface area contributed by atoms with Gasteiger partial charge in [-0.3, -0.25) is 14.9 Å². The van der Waals surface area contributed by atoms with Gasteiger partial charge in [0, 0.05) is 11.7 Å². The number of imide groups is 1. The van der Waals surface area contributed by atoms with Gasteiger partial charge in [0.15, 0.2) is 0 Å². The number of nitrogens with one attached hydrogen (secondary N) is 2. The Bertz CT molecular complexity index is 585. The van der Waals surface area contributed by atoms with E-state index in [1.54, 1.807) is 25.1 Å². The van der Waals surface area contributed by atoms with E-state index in [1.807, 2.05) is 13.0 Å². The van der Waals surface area contributed by atoms with Crippen LogP contribution >= 0.6 is 0 Å². The zero-order chi connectivity index (χ0) is 15.6. The Kier molecular flexibility index (Phi) is 4.23. The topological polar surface area (TPSA) is 105 Å². The molecule has 112 valence electrons. The highest BCUT2D eigenvalue weighted by molar-refractivity contribution is 6.05. The smallest absolute Gasteiger partial charge is 0.322 e. The molecule has 1 heterocycles. The normalized spacial score (nSPS) is 20.0. The predicted octanol–water partition coefficient (Wildman–Crippen LogP) is 0.585. The van der Waals surface area contributed by atoms with Gasteiger partial charge in [0.25, 0.3) is 0 Å². The third kappa shape index (κ3) is 3.38. The monoisotopic (exact) mass is 290 g/mol. The van der Waals surface area contributed by atoms with Crippen LogP contribution in [0.1, 0.15) is 25.5 Å². The molecule has 0 radical (unpaired) electrons. The van der Waals surface area contributed by atoms with Gasteiger partial charge < -0.3 is 16.0 Å². The Labute approximate surface area is 122 Å². The van der Waals surface area contributed by atoms with Crippen molar-refractivity contribution in [3.63, 3.8) is 0 Å². The molecule has 0 aliphatic carbocycles. The molecule has 7 heteroatoms. The number of hydrogen-bond donors (Lipinski definition) is 3. The summed E-state index contributed by atoms with van der Waals surface area (Å²) in [5.74, 6) is -0.969. The second kappa shape index (κ2) is 5.92. The average molecular weight is 290 g/mol. The first-order valence-corrected chi connectivity index (χ1v) is 6.65. The third-order valence-corrected chi connectivity index (χ3v) is 3.35. The van der Waals surface area contributed by atoms with E-state index in [0.717, 1.165) is 5.56 Å². The molecule has 2 unspecified atom stereocenters. The molecular formula is C14H18N4O3. The summed E-state index contributed by atoms with van der Waals surface area (Å²) < 4.78 is 0. The first-order valence-electron chi connectivity index (χ1n) is 6.65. The lowest BCUT2D eigenvalue weighted by molar-refractivity contribution is -0.137. The Morgan fingerprint density at radius 3 is 2.86 bits per heavy atom. The van der Waals surface area contributed by atoms with Crippen LogP contribution in [0.25, 0.3) is 0 Å². The van der Waals surface area contributed by atoms with Gasteiger partial charge >= 0.3 is 6.03 Å². The van der Waals surface area contributed by atoms with E-state index in [4.69, 9.17) is 5.73 Å². The van der Waals surface area contributed by atoms with E-state index in [9.17, 15) is 14.4 Å². The molecule has 4 amide bonds. The number of rotatable bonds is 2. The van der Waals surface area contributed by atoms with Crippen molar-refractivity contribution >= 4 is 23.5 Å². The van der Waals surface area contributed by atoms with Crippen LogP contribution in [0.15, 0.2) is 24.3 Å². The molecule has 1 aliphatic heterocycles. The van der Waals surface area contributed by atoms with Crippen LogP contribution in [-0.2, 0) is 9.59 Å². The van der Waals surface area contributed by atoms with Gasteiger partial charge in [-0.05, 0) is 31.5 Å². The number of nitrogens with two attached hydrogens (primary N) is 1. The molecule has 0 aromatic heterocycles. The number of amides is 4. The van der Waals surface area contributed by atoms with Gasteiger partial charge in [0.1, 0.15) is 12.6 Å². The van der Waals surface area contributed by atoms with Gasteiger partial charge in [-0.1, -0.05) is 12.1 Å². The molecule has 1 saturated heterocycles. The number of benzene rings is 1. The van der Waals surface area contributed by atoms with Crippen LogP contribution in [0.2, 0.25) is 0 Å². The van der Waals surface area contributed by atoms with Gasteiger partial charge in [-0.2, -0.15) is 0 Å². The summed E-state index contributed by atoms with van der Waals surface area (Å²) in [7, 11) is 0. The highest BCUT2D eigenvalue weighted by atomic mass is 16.2. The van der Waals surface area contributed by atoms with E-state index >= 15 is 0 Å². The fraction of sp³-hybridized carbons (Fsp3) is 0.357. The van der Waals surface area contributed by atoms with E-state index in [1.165, 1.54) is 4.90 Å². The van der Waals surface area contributed by atoms with Crippen molar-refractivity contribution in [2.75, 3.05) is 11.9 Å². The summed E-state index contributed by atoms with van der Waals surface area (Å²) in [4.78, 5) is 36.3. The maximum atomic E-state index is 12.2. The molecule has 1 aromatic carbocycles. The summed E-state index contributed by atoms with van der Waals surface area (Å²) in [6, 6.07) is 5.79. The maximum Gasteiger partial charge on any atom is 0.322 e. The Balaban J connectivity index is 2.12. The second-order valence-electron chi connectivity index (χ2n) is 5.06. The number of carbonyl (C=O) groups excluding carboxylic acids is 3. The SMILES string of the molecule is CC(N)c1cccc(NC(=O)N2CC(=O)NC(=O)C2C)c1. The molecule has 4 N–H and O–H groups in total. The van der Waals surface area contributed by atoms with Crippen LogP contribution in [-0.4, -0.2) is 35.3 Å². The zero-order valence-corrected chi connectivity index (χ0v) is 11.9. The van der Waals surface area contributed by atoms with Crippen molar-refractivity contribution in [1.82, 2.24) is 10.2 Å². The zero-order valence-electron chi connectivity index (χ0n) is 11.9. The fourth-order valence-corrected chi connectivity index (χ4v) is 2.06. The molecule has 1 fully saturated rings. The minimum atomic E-state index is -0.695. The average Bonchev–Trinajstić information content (AvgIpc) is 2.43. The minimum Gasteiger partial charge on any atom is -0.324 e. The second-order valence-corrected chi connectivity index (χ2v) is 5.06. The molecule has 0 bridgehead atoms. The van der Waals surface area contributed by atoms with Crippen molar-refractivity contribution in [1.29, 1.82) is 0 Å². The van der Waals surface area contributed by atoms with E-state index in [0.29, 0.717) is 5.69 Å². The standard InChI is InChI=1S/C14H18N4O3/c1-8(15)10-4-3-5-11(6-10)16-14(21)18-7-12(19)17-13(20)9(18)2/h3-6,8-9H,7,15H2,1-2H3,(H,16,21)(H,17,19,20). The Morgan fingerprint density at radius 1 is 1.48 bits per heavy atom. The third-order valence-electron chi connectivity index (χ3n) is 3.35. The number of carbonyl (C=O) groups is 3. The molecule has 0 saturated carbocycles. The van der Waals surface area contributed by atoms with Crippen LogP contribution in [0, 0.1) is 0 Å². The Morgan fingerprint density at radius 2 is 2.19 bits per heavy atom. The van der Waals surface area contributed by atoms with Crippen LogP contribution in [0.4, 0.5) is 10.5 Å². The van der Waals surface area contributed by atoms with Crippen LogP contribution in [0.3, 0.4) is 0 Å². The lowest BCUT2D eigenvalue weighted by atomic mass is 10.1. The van der Waals surface area contributed by atoms with Crippen molar-refractivity contribution in [2.45, 2.75) is 25.9 Å². The molecule has 2 rings (SSSR count). The summed E-state index contributed by atoms with van der Waals surface area (Å²) in [5.41, 5.74) is 7.25. The summed E-state index contributed by atoms with van der Waals surface area (Å²) in [6.45, 7) is 3.27. The molecule has 7 nitrogen and oxygen atoms in total. The van der Waals surface area contributed by atoms with Gasteiger partial charge in [0.05, 0.1) is 0 Å². The van der Waals surface area contributed by atoms with Crippen molar-refractivity contribution in [3.8, 4) is 0 Å². The number of hydrogen-bond acceptors (Lipinski definition) is 4. The van der Waals surface area contributed by atoms with Gasteiger partial charge in [0.2, 0.25) is 11.8 Å². The highest BCUT2D eigenvalue weighted by Crippen LogP contribution is 2.17. The lowest BCUT2D eigenvalue weighted by Crippen LogP contribution is -2.59.